The zero-order valence-electron chi connectivity index (χ0n) is 21.8. The van der Waals surface area contributed by atoms with Gasteiger partial charge in [-0.15, -0.1) is 0 Å². The molecule has 1 saturated carbocycles. The molecular formula is C23H23F8N7O5. The molecule has 1 unspecified atom stereocenters. The first kappa shape index (κ1) is 31.8. The van der Waals surface area contributed by atoms with Gasteiger partial charge in [-0.1, -0.05) is 0 Å². The maximum absolute atomic E-state index is 13.9. The number of aliphatic hydroxyl groups is 1. The summed E-state index contributed by atoms with van der Waals surface area (Å²) in [4.78, 5) is 29.1. The minimum absolute atomic E-state index is 0.0359. The lowest BCUT2D eigenvalue weighted by Crippen LogP contribution is -2.37. The van der Waals surface area contributed by atoms with E-state index in [2.05, 4.69) is 35.1 Å². The lowest BCUT2D eigenvalue weighted by atomic mass is 9.81. The number of rotatable bonds is 10. The van der Waals surface area contributed by atoms with Gasteiger partial charge in [0.25, 0.3) is 11.8 Å². The van der Waals surface area contributed by atoms with E-state index in [0.29, 0.717) is 0 Å². The molecule has 1 fully saturated rings. The van der Waals surface area contributed by atoms with Crippen LogP contribution >= 0.6 is 0 Å². The van der Waals surface area contributed by atoms with E-state index >= 15 is 0 Å². The normalized spacial score (nSPS) is 17.4. The van der Waals surface area contributed by atoms with Crippen LogP contribution < -0.4 is 15.4 Å². The first-order chi connectivity index (χ1) is 20.0. The van der Waals surface area contributed by atoms with E-state index < -0.39 is 92.1 Å². The number of nitrogens with one attached hydrogen (secondary N) is 2. The number of aromatic nitrogens is 5. The van der Waals surface area contributed by atoms with Gasteiger partial charge in [0.15, 0.2) is 18.5 Å². The lowest BCUT2D eigenvalue weighted by molar-refractivity contribution is -0.154. The first-order valence-electron chi connectivity index (χ1n) is 12.6. The zero-order chi connectivity index (χ0) is 31.6. The Morgan fingerprint density at radius 1 is 1.12 bits per heavy atom. The Morgan fingerprint density at radius 2 is 1.81 bits per heavy atom. The highest BCUT2D eigenvalue weighted by molar-refractivity contribution is 5.94. The average Bonchev–Trinajstić information content (AvgIpc) is 3.55. The van der Waals surface area contributed by atoms with Crippen molar-refractivity contribution in [2.45, 2.75) is 69.1 Å². The van der Waals surface area contributed by atoms with Crippen molar-refractivity contribution in [3.05, 3.63) is 35.4 Å². The van der Waals surface area contributed by atoms with E-state index in [-0.39, 0.29) is 29.7 Å². The van der Waals surface area contributed by atoms with Crippen LogP contribution in [0.5, 0.6) is 5.88 Å². The summed E-state index contributed by atoms with van der Waals surface area (Å²) >= 11 is 0. The van der Waals surface area contributed by atoms with Gasteiger partial charge in [-0.3, -0.25) is 9.59 Å². The number of carbonyl (C=O) groups excluding carboxylic acids is 2. The number of imidazole rings is 1. The second-order valence-electron chi connectivity index (χ2n) is 9.81. The number of amides is 2. The number of fused-ring (bicyclic) bond motifs is 1. The number of ether oxygens (including phenoxy) is 1. The summed E-state index contributed by atoms with van der Waals surface area (Å²) in [6, 6.07) is 0.150. The van der Waals surface area contributed by atoms with Crippen molar-refractivity contribution in [2.75, 3.05) is 6.61 Å². The van der Waals surface area contributed by atoms with Gasteiger partial charge >= 0.3 is 12.4 Å². The summed E-state index contributed by atoms with van der Waals surface area (Å²) in [5, 5.41) is 25.2. The minimum Gasteiger partial charge on any atom is -0.464 e. The van der Waals surface area contributed by atoms with Gasteiger partial charge in [0, 0.05) is 24.8 Å². The highest BCUT2D eigenvalue weighted by Gasteiger charge is 2.40. The Labute approximate surface area is 235 Å². The summed E-state index contributed by atoms with van der Waals surface area (Å²) in [7, 11) is 0. The Hall–Kier alpha value is -4.10. The molecule has 2 atom stereocenters. The molecule has 0 spiro atoms. The molecule has 1 aliphatic rings. The first-order valence-corrected chi connectivity index (χ1v) is 12.6. The van der Waals surface area contributed by atoms with Crippen molar-refractivity contribution in [3.8, 4) is 5.88 Å². The maximum atomic E-state index is 13.9. The quantitative estimate of drug-likeness (QED) is 0.224. The van der Waals surface area contributed by atoms with Crippen molar-refractivity contribution < 1.29 is 59.2 Å². The molecule has 3 aromatic rings. The number of alkyl halides is 8. The fourth-order valence-electron chi connectivity index (χ4n) is 4.38. The average molecular weight is 629 g/mol. The SMILES string of the molecule is O=C(CCC(F)(F)F)N[C@H](O)c1cnn2cc(C(NC(=O)c3nonc3OCC(F)(F)F)C3CCC(F)(F)CC3)nc2c1. The third-order valence-corrected chi connectivity index (χ3v) is 6.49. The standard InChI is InChI=1S/C23H23F8N7O5/c24-21(25)4-1-11(2-5-21)16(35-19(41)17-20(37-43-36-17)42-10-23(29,30)31)13-9-38-14(33-13)7-12(8-32-38)18(40)34-15(39)3-6-22(26,27)28/h7-9,11,16,18,40H,1-6,10H2,(H,34,39)(H,35,41)/t16?,18-/m1/s1. The van der Waals surface area contributed by atoms with Gasteiger partial charge in [0.1, 0.15) is 0 Å². The molecule has 4 rings (SSSR count). The van der Waals surface area contributed by atoms with E-state index in [1.807, 2.05) is 5.32 Å². The van der Waals surface area contributed by atoms with E-state index in [0.717, 1.165) is 6.20 Å². The summed E-state index contributed by atoms with van der Waals surface area (Å²) < 4.78 is 113. The number of halogens is 8. The molecule has 0 aliphatic heterocycles. The van der Waals surface area contributed by atoms with Crippen LogP contribution in [0.3, 0.4) is 0 Å². The van der Waals surface area contributed by atoms with Crippen LogP contribution in [-0.4, -0.2) is 66.7 Å². The molecule has 20 heteroatoms. The summed E-state index contributed by atoms with van der Waals surface area (Å²) in [5.41, 5.74) is -0.660. The number of hydrogen-bond donors (Lipinski definition) is 3. The fraction of sp³-hybridized carbons (Fsp3) is 0.565. The molecule has 0 aromatic carbocycles. The van der Waals surface area contributed by atoms with E-state index in [4.69, 9.17) is 0 Å². The van der Waals surface area contributed by atoms with Gasteiger partial charge in [-0.25, -0.2) is 22.9 Å². The number of nitrogens with zero attached hydrogens (tertiary/aromatic N) is 5. The molecule has 3 aromatic heterocycles. The molecular weight excluding hydrogens is 606 g/mol. The summed E-state index contributed by atoms with van der Waals surface area (Å²) in [5.74, 6) is -6.58. The molecule has 0 saturated heterocycles. The lowest BCUT2D eigenvalue weighted by Gasteiger charge is -2.33. The van der Waals surface area contributed by atoms with Crippen LogP contribution in [0.4, 0.5) is 35.1 Å². The maximum Gasteiger partial charge on any atom is 0.422 e. The van der Waals surface area contributed by atoms with E-state index in [1.165, 1.54) is 16.8 Å². The highest BCUT2D eigenvalue weighted by atomic mass is 19.4. The third-order valence-electron chi connectivity index (χ3n) is 6.49. The van der Waals surface area contributed by atoms with Crippen LogP contribution in [0.15, 0.2) is 23.1 Å². The highest BCUT2D eigenvalue weighted by Crippen LogP contribution is 2.41. The molecule has 1 aliphatic carbocycles. The molecule has 43 heavy (non-hydrogen) atoms. The van der Waals surface area contributed by atoms with Crippen molar-refractivity contribution in [1.29, 1.82) is 0 Å². The second-order valence-corrected chi connectivity index (χ2v) is 9.81. The molecule has 236 valence electrons. The molecule has 0 radical (unpaired) electrons. The number of hydrogen-bond acceptors (Lipinski definition) is 9. The van der Waals surface area contributed by atoms with Crippen LogP contribution in [-0.2, 0) is 4.79 Å². The van der Waals surface area contributed by atoms with Crippen LogP contribution in [0.1, 0.15) is 72.5 Å². The van der Waals surface area contributed by atoms with Crippen molar-refractivity contribution in [2.24, 2.45) is 5.92 Å². The molecule has 0 bridgehead atoms. The van der Waals surface area contributed by atoms with Crippen LogP contribution in [0.2, 0.25) is 0 Å². The number of aliphatic hydroxyl groups excluding tert-OH is 1. The fourth-order valence-corrected chi connectivity index (χ4v) is 4.38. The topological polar surface area (TPSA) is 157 Å². The largest absolute Gasteiger partial charge is 0.464 e. The Bertz CT molecular complexity index is 1430. The third kappa shape index (κ3) is 8.71. The Kier molecular flexibility index (Phi) is 9.07. The smallest absolute Gasteiger partial charge is 0.422 e. The summed E-state index contributed by atoms with van der Waals surface area (Å²) in [6.45, 7) is -1.79. The van der Waals surface area contributed by atoms with Gasteiger partial charge in [-0.2, -0.15) is 31.4 Å². The second kappa shape index (κ2) is 12.3. The van der Waals surface area contributed by atoms with Gasteiger partial charge < -0.3 is 20.5 Å². The molecule has 3 N–H and O–H groups in total. The van der Waals surface area contributed by atoms with Gasteiger partial charge in [0.05, 0.1) is 30.6 Å². The number of carbonyl (C=O) groups is 2. The molecule has 12 nitrogen and oxygen atoms in total. The van der Waals surface area contributed by atoms with Crippen molar-refractivity contribution >= 4 is 17.5 Å². The van der Waals surface area contributed by atoms with Gasteiger partial charge in [0.2, 0.25) is 17.5 Å². The van der Waals surface area contributed by atoms with Crippen molar-refractivity contribution in [3.63, 3.8) is 0 Å². The zero-order valence-corrected chi connectivity index (χ0v) is 21.8. The van der Waals surface area contributed by atoms with Crippen molar-refractivity contribution in [1.82, 2.24) is 35.5 Å². The summed E-state index contributed by atoms with van der Waals surface area (Å²) in [6.07, 6.45) is -12.1. The Balaban J connectivity index is 1.55. The van der Waals surface area contributed by atoms with Crippen LogP contribution in [0, 0.1) is 5.92 Å². The Morgan fingerprint density at radius 3 is 2.47 bits per heavy atom. The van der Waals surface area contributed by atoms with Crippen LogP contribution in [0.25, 0.3) is 5.65 Å². The van der Waals surface area contributed by atoms with Gasteiger partial charge in [-0.05, 0) is 35.1 Å². The minimum atomic E-state index is -4.76. The monoisotopic (exact) mass is 629 g/mol. The van der Waals surface area contributed by atoms with E-state index in [1.54, 1.807) is 0 Å². The molecule has 2 amide bonds. The molecule has 3 heterocycles. The predicted octanol–water partition coefficient (Wildman–Crippen LogP) is 3.80. The predicted molar refractivity (Wildman–Crippen MR) is 124 cm³/mol. The van der Waals surface area contributed by atoms with E-state index in [9.17, 15) is 49.8 Å².